The number of fused-ring (bicyclic) bond motifs is 1. The van der Waals surface area contributed by atoms with Crippen LogP contribution in [0.2, 0.25) is 0 Å². The van der Waals surface area contributed by atoms with Gasteiger partial charge in [-0.25, -0.2) is 4.72 Å². The van der Waals surface area contributed by atoms with E-state index in [1.807, 2.05) is 26.0 Å². The van der Waals surface area contributed by atoms with Crippen molar-refractivity contribution < 1.29 is 13.2 Å². The molecule has 6 nitrogen and oxygen atoms in total. The molecule has 128 valence electrons. The first-order valence-electron chi connectivity index (χ1n) is 8.16. The van der Waals surface area contributed by atoms with E-state index in [1.54, 1.807) is 0 Å². The van der Waals surface area contributed by atoms with Crippen molar-refractivity contribution in [3.8, 4) is 0 Å². The van der Waals surface area contributed by atoms with Crippen molar-refractivity contribution in [2.75, 3.05) is 26.2 Å². The van der Waals surface area contributed by atoms with Gasteiger partial charge in [-0.3, -0.25) is 0 Å². The summed E-state index contributed by atoms with van der Waals surface area (Å²) >= 11 is 0. The second-order valence-electron chi connectivity index (χ2n) is 6.37. The Morgan fingerprint density at radius 3 is 2.96 bits per heavy atom. The molecule has 3 unspecified atom stereocenters. The van der Waals surface area contributed by atoms with Gasteiger partial charge in [0, 0.05) is 25.2 Å². The number of nitrogens with one attached hydrogen (secondary N) is 2. The summed E-state index contributed by atoms with van der Waals surface area (Å²) in [6, 6.07) is 8.09. The lowest BCUT2D eigenvalue weighted by Crippen LogP contribution is -2.54. The fourth-order valence-electron chi connectivity index (χ4n) is 3.25. The van der Waals surface area contributed by atoms with Gasteiger partial charge in [-0.1, -0.05) is 24.3 Å². The predicted molar refractivity (Wildman–Crippen MR) is 89.4 cm³/mol. The van der Waals surface area contributed by atoms with Gasteiger partial charge in [0.05, 0.1) is 12.7 Å². The molecular weight excluding hydrogens is 314 g/mol. The minimum absolute atomic E-state index is 0.0171. The molecule has 3 rings (SSSR count). The van der Waals surface area contributed by atoms with Crippen LogP contribution < -0.4 is 10.0 Å². The molecule has 0 aromatic heterocycles. The monoisotopic (exact) mass is 339 g/mol. The summed E-state index contributed by atoms with van der Waals surface area (Å²) in [6.45, 7) is 5.83. The molecule has 1 saturated heterocycles. The van der Waals surface area contributed by atoms with Gasteiger partial charge in [0.2, 0.25) is 0 Å². The van der Waals surface area contributed by atoms with Crippen LogP contribution in [0.25, 0.3) is 0 Å². The lowest BCUT2D eigenvalue weighted by atomic mass is 9.95. The Morgan fingerprint density at radius 2 is 2.13 bits per heavy atom. The van der Waals surface area contributed by atoms with Crippen LogP contribution in [0.3, 0.4) is 0 Å². The predicted octanol–water partition coefficient (Wildman–Crippen LogP) is 0.817. The SMILES string of the molecule is CC1CN(S(=O)(=O)NCC2NCCc3ccccc32)C(C)CO1. The van der Waals surface area contributed by atoms with Crippen LogP contribution in [0, 0.1) is 0 Å². The third-order valence-electron chi connectivity index (χ3n) is 4.54. The average molecular weight is 339 g/mol. The topological polar surface area (TPSA) is 70.7 Å². The van der Waals surface area contributed by atoms with Crippen molar-refractivity contribution in [1.29, 1.82) is 0 Å². The normalized spacial score (nSPS) is 29.2. The zero-order valence-corrected chi connectivity index (χ0v) is 14.5. The number of benzene rings is 1. The molecule has 2 aliphatic heterocycles. The molecule has 0 bridgehead atoms. The van der Waals surface area contributed by atoms with Crippen molar-refractivity contribution in [3.63, 3.8) is 0 Å². The minimum atomic E-state index is -3.50. The Balaban J connectivity index is 1.68. The number of rotatable bonds is 4. The van der Waals surface area contributed by atoms with E-state index in [9.17, 15) is 8.42 Å². The molecule has 3 atom stereocenters. The maximum atomic E-state index is 12.6. The largest absolute Gasteiger partial charge is 0.375 e. The first-order valence-corrected chi connectivity index (χ1v) is 9.60. The fourth-order valence-corrected chi connectivity index (χ4v) is 4.74. The van der Waals surface area contributed by atoms with Gasteiger partial charge in [0.25, 0.3) is 10.2 Å². The standard InChI is InChI=1S/C16H25N3O3S/c1-12-11-22-13(2)10-19(12)23(20,21)18-9-16-15-6-4-3-5-14(15)7-8-17-16/h3-6,12-13,16-18H,7-11H2,1-2H3. The van der Waals surface area contributed by atoms with E-state index < -0.39 is 10.2 Å². The maximum Gasteiger partial charge on any atom is 0.279 e. The Bertz CT molecular complexity index is 650. The summed E-state index contributed by atoms with van der Waals surface area (Å²) < 4.78 is 35.0. The third kappa shape index (κ3) is 3.75. The van der Waals surface area contributed by atoms with Crippen molar-refractivity contribution in [1.82, 2.24) is 14.3 Å². The molecule has 0 spiro atoms. The molecule has 2 heterocycles. The van der Waals surface area contributed by atoms with Gasteiger partial charge >= 0.3 is 0 Å². The molecule has 1 aromatic rings. The number of hydrogen-bond acceptors (Lipinski definition) is 4. The Morgan fingerprint density at radius 1 is 1.35 bits per heavy atom. The first-order chi connectivity index (χ1) is 11.0. The molecule has 1 fully saturated rings. The summed E-state index contributed by atoms with van der Waals surface area (Å²) in [5.41, 5.74) is 2.48. The second-order valence-corrected chi connectivity index (χ2v) is 8.08. The lowest BCUT2D eigenvalue weighted by molar-refractivity contribution is -0.0175. The summed E-state index contributed by atoms with van der Waals surface area (Å²) in [5.74, 6) is 0. The lowest BCUT2D eigenvalue weighted by Gasteiger charge is -2.36. The molecule has 23 heavy (non-hydrogen) atoms. The van der Waals surface area contributed by atoms with E-state index in [4.69, 9.17) is 4.74 Å². The van der Waals surface area contributed by atoms with Crippen molar-refractivity contribution in [2.45, 2.75) is 38.5 Å². The van der Waals surface area contributed by atoms with Gasteiger partial charge in [-0.2, -0.15) is 12.7 Å². The van der Waals surface area contributed by atoms with E-state index in [0.29, 0.717) is 19.7 Å². The van der Waals surface area contributed by atoms with Gasteiger partial charge in [0.1, 0.15) is 0 Å². The summed E-state index contributed by atoms with van der Waals surface area (Å²) in [5, 5.41) is 3.40. The van der Waals surface area contributed by atoms with Crippen molar-refractivity contribution >= 4 is 10.2 Å². The summed E-state index contributed by atoms with van der Waals surface area (Å²) in [7, 11) is -3.50. The molecule has 2 N–H and O–H groups in total. The molecule has 1 aromatic carbocycles. The Kier molecular flexibility index (Phi) is 5.03. The quantitative estimate of drug-likeness (QED) is 0.852. The number of morpholine rings is 1. The Hall–Kier alpha value is -0.990. The molecule has 0 saturated carbocycles. The highest BCUT2D eigenvalue weighted by molar-refractivity contribution is 7.87. The smallest absolute Gasteiger partial charge is 0.279 e. The second kappa shape index (κ2) is 6.86. The van der Waals surface area contributed by atoms with E-state index in [2.05, 4.69) is 22.2 Å². The van der Waals surface area contributed by atoms with Gasteiger partial charge in [-0.05, 0) is 37.9 Å². The van der Waals surface area contributed by atoms with Crippen molar-refractivity contribution in [2.24, 2.45) is 0 Å². The summed E-state index contributed by atoms with van der Waals surface area (Å²) in [4.78, 5) is 0. The average Bonchev–Trinajstić information content (AvgIpc) is 2.55. The highest BCUT2D eigenvalue weighted by atomic mass is 32.2. The van der Waals surface area contributed by atoms with E-state index >= 15 is 0 Å². The van der Waals surface area contributed by atoms with Crippen LogP contribution in [-0.4, -0.2) is 51.1 Å². The highest BCUT2D eigenvalue weighted by Gasteiger charge is 2.33. The number of ether oxygens (including phenoxy) is 1. The molecule has 0 aliphatic carbocycles. The van der Waals surface area contributed by atoms with Crippen LogP contribution in [0.1, 0.15) is 31.0 Å². The summed E-state index contributed by atoms with van der Waals surface area (Å²) in [6.07, 6.45) is 0.911. The van der Waals surface area contributed by atoms with E-state index in [0.717, 1.165) is 13.0 Å². The van der Waals surface area contributed by atoms with Gasteiger partial charge < -0.3 is 10.1 Å². The van der Waals surface area contributed by atoms with E-state index in [1.165, 1.54) is 15.4 Å². The maximum absolute atomic E-state index is 12.6. The zero-order valence-electron chi connectivity index (χ0n) is 13.7. The first kappa shape index (κ1) is 16.9. The zero-order chi connectivity index (χ0) is 16.4. The van der Waals surface area contributed by atoms with Gasteiger partial charge in [0.15, 0.2) is 0 Å². The fraction of sp³-hybridized carbons (Fsp3) is 0.625. The molecule has 0 radical (unpaired) electrons. The molecule has 7 heteroatoms. The van der Waals surface area contributed by atoms with Crippen molar-refractivity contribution in [3.05, 3.63) is 35.4 Å². The van der Waals surface area contributed by atoms with Gasteiger partial charge in [-0.15, -0.1) is 0 Å². The Labute approximate surface area is 138 Å². The molecular formula is C16H25N3O3S. The highest BCUT2D eigenvalue weighted by Crippen LogP contribution is 2.22. The van der Waals surface area contributed by atoms with Crippen LogP contribution in [0.5, 0.6) is 0 Å². The van der Waals surface area contributed by atoms with Crippen LogP contribution in [-0.2, 0) is 21.4 Å². The number of nitrogens with zero attached hydrogens (tertiary/aromatic N) is 1. The van der Waals surface area contributed by atoms with Crippen LogP contribution in [0.4, 0.5) is 0 Å². The van der Waals surface area contributed by atoms with Crippen LogP contribution in [0.15, 0.2) is 24.3 Å². The van der Waals surface area contributed by atoms with Crippen LogP contribution >= 0.6 is 0 Å². The third-order valence-corrected chi connectivity index (χ3v) is 6.20. The van der Waals surface area contributed by atoms with E-state index in [-0.39, 0.29) is 18.2 Å². The molecule has 0 amide bonds. The number of hydrogen-bond donors (Lipinski definition) is 2. The minimum Gasteiger partial charge on any atom is -0.375 e. The molecule has 2 aliphatic rings.